The molecule has 1 unspecified atom stereocenters. The fraction of sp³-hybridized carbons (Fsp3) is 0.375. The zero-order valence-electron chi connectivity index (χ0n) is 18.7. The lowest BCUT2D eigenvalue weighted by Gasteiger charge is -2.30. The van der Waals surface area contributed by atoms with E-state index in [1.165, 1.54) is 19.1 Å². The number of hydrogen-bond donors (Lipinski definition) is 0. The molecule has 8 nitrogen and oxygen atoms in total. The highest BCUT2D eigenvalue weighted by Crippen LogP contribution is 2.29. The molecule has 32 heavy (non-hydrogen) atoms. The molecule has 1 fully saturated rings. The van der Waals surface area contributed by atoms with E-state index in [9.17, 15) is 14.4 Å². The lowest BCUT2D eigenvalue weighted by Crippen LogP contribution is -2.49. The van der Waals surface area contributed by atoms with E-state index in [4.69, 9.17) is 14.2 Å². The number of anilines is 1. The lowest BCUT2D eigenvalue weighted by atomic mass is 10.1. The maximum atomic E-state index is 13.4. The van der Waals surface area contributed by atoms with Gasteiger partial charge in [-0.3, -0.25) is 14.4 Å². The number of nitrogens with zero attached hydrogens (tertiary/aromatic N) is 2. The van der Waals surface area contributed by atoms with Gasteiger partial charge >= 0.3 is 0 Å². The summed E-state index contributed by atoms with van der Waals surface area (Å²) in [4.78, 5) is 42.1. The molecule has 0 saturated carbocycles. The third-order valence-electron chi connectivity index (χ3n) is 5.41. The molecular formula is C24H28N2O6. The molecule has 1 aliphatic rings. The Morgan fingerprint density at radius 1 is 1.09 bits per heavy atom. The number of methoxy groups -OCH3 is 2. The number of benzene rings is 2. The van der Waals surface area contributed by atoms with Gasteiger partial charge in [-0.1, -0.05) is 18.2 Å². The third kappa shape index (κ3) is 4.81. The van der Waals surface area contributed by atoms with Crippen LogP contribution in [0, 0.1) is 6.92 Å². The van der Waals surface area contributed by atoms with Crippen LogP contribution in [0.15, 0.2) is 48.5 Å². The number of amides is 3. The van der Waals surface area contributed by atoms with E-state index >= 15 is 0 Å². The molecule has 1 heterocycles. The van der Waals surface area contributed by atoms with E-state index in [1.807, 2.05) is 26.0 Å². The second-order valence-electron chi connectivity index (χ2n) is 7.39. The summed E-state index contributed by atoms with van der Waals surface area (Å²) in [5.74, 6) is -0.557. The van der Waals surface area contributed by atoms with E-state index in [1.54, 1.807) is 36.4 Å². The predicted molar refractivity (Wildman–Crippen MR) is 119 cm³/mol. The van der Waals surface area contributed by atoms with Gasteiger partial charge < -0.3 is 19.1 Å². The smallest absolute Gasteiger partial charge is 0.257 e. The summed E-state index contributed by atoms with van der Waals surface area (Å²) in [5.41, 5.74) is 1.66. The van der Waals surface area contributed by atoms with Gasteiger partial charge in [0.1, 0.15) is 11.8 Å². The summed E-state index contributed by atoms with van der Waals surface area (Å²) in [7, 11) is 2.91. The molecule has 8 heteroatoms. The first-order chi connectivity index (χ1) is 15.4. The van der Waals surface area contributed by atoms with Crippen LogP contribution in [-0.4, -0.2) is 62.3 Å². The first-order valence-corrected chi connectivity index (χ1v) is 10.4. The van der Waals surface area contributed by atoms with Crippen LogP contribution in [0.25, 0.3) is 0 Å². The Balaban J connectivity index is 1.92. The molecule has 0 radical (unpaired) electrons. The van der Waals surface area contributed by atoms with Gasteiger partial charge in [-0.15, -0.1) is 0 Å². The zero-order chi connectivity index (χ0) is 23.3. The number of hydrogen-bond acceptors (Lipinski definition) is 6. The van der Waals surface area contributed by atoms with Gasteiger partial charge in [0, 0.05) is 19.8 Å². The number of aryl methyl sites for hydroxylation is 1. The van der Waals surface area contributed by atoms with Crippen LogP contribution < -0.4 is 9.64 Å². The Bertz CT molecular complexity index is 971. The third-order valence-corrected chi connectivity index (χ3v) is 5.41. The minimum atomic E-state index is -0.964. The quantitative estimate of drug-likeness (QED) is 0.440. The molecule has 0 bridgehead atoms. The second-order valence-corrected chi connectivity index (χ2v) is 7.39. The SMILES string of the molecule is CCOc1ccc(N2C(=O)CC(N(CC(OC)OC)C(=O)c3ccccc3C)C2=O)cc1. The van der Waals surface area contributed by atoms with Crippen molar-refractivity contribution in [2.45, 2.75) is 32.6 Å². The molecule has 1 aliphatic heterocycles. The van der Waals surface area contributed by atoms with Crippen molar-refractivity contribution in [2.24, 2.45) is 0 Å². The highest BCUT2D eigenvalue weighted by molar-refractivity contribution is 6.23. The Labute approximate surface area is 187 Å². The Hall–Kier alpha value is -3.23. The Kier molecular flexibility index (Phi) is 7.61. The molecule has 170 valence electrons. The number of imide groups is 1. The molecule has 1 saturated heterocycles. The highest BCUT2D eigenvalue weighted by atomic mass is 16.7. The zero-order valence-corrected chi connectivity index (χ0v) is 18.7. The van der Waals surface area contributed by atoms with Crippen LogP contribution >= 0.6 is 0 Å². The molecule has 2 aromatic carbocycles. The molecular weight excluding hydrogens is 412 g/mol. The lowest BCUT2D eigenvalue weighted by molar-refractivity contribution is -0.128. The van der Waals surface area contributed by atoms with Crippen LogP contribution in [0.1, 0.15) is 29.3 Å². The normalized spacial score (nSPS) is 16.0. The number of carbonyl (C=O) groups excluding carboxylic acids is 3. The molecule has 1 atom stereocenters. The Morgan fingerprint density at radius 2 is 1.75 bits per heavy atom. The second kappa shape index (κ2) is 10.4. The topological polar surface area (TPSA) is 85.4 Å². The number of rotatable bonds is 9. The number of carbonyl (C=O) groups is 3. The Morgan fingerprint density at radius 3 is 2.34 bits per heavy atom. The molecule has 0 N–H and O–H groups in total. The minimum absolute atomic E-state index is 0.000964. The molecule has 0 spiro atoms. The summed E-state index contributed by atoms with van der Waals surface area (Å²) >= 11 is 0. The van der Waals surface area contributed by atoms with Gasteiger partial charge in [0.15, 0.2) is 6.29 Å². The largest absolute Gasteiger partial charge is 0.494 e. The van der Waals surface area contributed by atoms with Crippen molar-refractivity contribution in [3.8, 4) is 5.75 Å². The standard InChI is InChI=1S/C24H28N2O6/c1-5-32-18-12-10-17(11-13-18)26-21(27)14-20(24(26)29)25(15-22(30-3)31-4)23(28)19-9-7-6-8-16(19)2/h6-13,20,22H,5,14-15H2,1-4H3. The maximum Gasteiger partial charge on any atom is 0.257 e. The first kappa shape index (κ1) is 23.4. The average Bonchev–Trinajstić information content (AvgIpc) is 3.09. The van der Waals surface area contributed by atoms with Crippen molar-refractivity contribution in [1.29, 1.82) is 0 Å². The first-order valence-electron chi connectivity index (χ1n) is 10.4. The van der Waals surface area contributed by atoms with Crippen LogP contribution in [0.4, 0.5) is 5.69 Å². The van der Waals surface area contributed by atoms with Gasteiger partial charge in [0.05, 0.1) is 25.3 Å². The van der Waals surface area contributed by atoms with Crippen LogP contribution in [0.3, 0.4) is 0 Å². The summed E-state index contributed by atoms with van der Waals surface area (Å²) in [5, 5.41) is 0. The summed E-state index contributed by atoms with van der Waals surface area (Å²) in [6.45, 7) is 4.21. The average molecular weight is 440 g/mol. The highest BCUT2D eigenvalue weighted by Gasteiger charge is 2.45. The van der Waals surface area contributed by atoms with Crippen molar-refractivity contribution >= 4 is 23.4 Å². The van der Waals surface area contributed by atoms with Gasteiger partial charge in [0.25, 0.3) is 11.8 Å². The monoisotopic (exact) mass is 440 g/mol. The van der Waals surface area contributed by atoms with E-state index in [-0.39, 0.29) is 24.8 Å². The van der Waals surface area contributed by atoms with Crippen molar-refractivity contribution in [3.63, 3.8) is 0 Å². The minimum Gasteiger partial charge on any atom is -0.494 e. The van der Waals surface area contributed by atoms with Crippen LogP contribution in [0.5, 0.6) is 5.75 Å². The van der Waals surface area contributed by atoms with Gasteiger partial charge in [-0.05, 0) is 49.7 Å². The van der Waals surface area contributed by atoms with E-state index in [2.05, 4.69) is 0 Å². The van der Waals surface area contributed by atoms with E-state index in [0.29, 0.717) is 23.6 Å². The van der Waals surface area contributed by atoms with Crippen LogP contribution in [-0.2, 0) is 19.1 Å². The molecule has 3 amide bonds. The van der Waals surface area contributed by atoms with Crippen molar-refractivity contribution in [2.75, 3.05) is 32.3 Å². The molecule has 3 rings (SSSR count). The van der Waals surface area contributed by atoms with E-state index < -0.39 is 18.2 Å². The van der Waals surface area contributed by atoms with Gasteiger partial charge in [-0.25, -0.2) is 4.90 Å². The fourth-order valence-electron chi connectivity index (χ4n) is 3.71. The predicted octanol–water partition coefficient (Wildman–Crippen LogP) is 2.79. The van der Waals surface area contributed by atoms with Gasteiger partial charge in [-0.2, -0.15) is 0 Å². The summed E-state index contributed by atoms with van der Waals surface area (Å²) in [6.07, 6.45) is -0.866. The summed E-state index contributed by atoms with van der Waals surface area (Å²) in [6, 6.07) is 12.9. The molecule has 0 aliphatic carbocycles. The molecule has 0 aromatic heterocycles. The van der Waals surface area contributed by atoms with Crippen LogP contribution in [0.2, 0.25) is 0 Å². The van der Waals surface area contributed by atoms with Crippen molar-refractivity contribution < 1.29 is 28.6 Å². The molecule has 2 aromatic rings. The van der Waals surface area contributed by atoms with Crippen molar-refractivity contribution in [1.82, 2.24) is 4.90 Å². The fourth-order valence-corrected chi connectivity index (χ4v) is 3.71. The maximum absolute atomic E-state index is 13.4. The van der Waals surface area contributed by atoms with E-state index in [0.717, 1.165) is 10.5 Å². The number of ether oxygens (including phenoxy) is 3. The summed E-state index contributed by atoms with van der Waals surface area (Å²) < 4.78 is 16.0. The van der Waals surface area contributed by atoms with Crippen molar-refractivity contribution in [3.05, 3.63) is 59.7 Å². The van der Waals surface area contributed by atoms with Gasteiger partial charge in [0.2, 0.25) is 5.91 Å².